The normalized spacial score (nSPS) is 16.5. The van der Waals surface area contributed by atoms with Crippen LogP contribution in [-0.2, 0) is 14.3 Å². The van der Waals surface area contributed by atoms with Gasteiger partial charge in [-0.15, -0.1) is 0 Å². The molecule has 0 aliphatic heterocycles. The maximum Gasteiger partial charge on any atom is 0.407 e. The van der Waals surface area contributed by atoms with Crippen LogP contribution in [0.5, 0.6) is 0 Å². The van der Waals surface area contributed by atoms with Gasteiger partial charge in [-0.05, 0) is 46.9 Å². The molecule has 0 heterocycles. The average molecular weight is 465 g/mol. The highest BCUT2D eigenvalue weighted by molar-refractivity contribution is 5.89. The summed E-state index contributed by atoms with van der Waals surface area (Å²) >= 11 is 0. The summed E-state index contributed by atoms with van der Waals surface area (Å²) in [6.45, 7) is 2.72. The predicted octanol–water partition coefficient (Wildman–Crippen LogP) is 4.46. The van der Waals surface area contributed by atoms with Crippen LogP contribution in [0.3, 0.4) is 0 Å². The number of fused-ring (bicyclic) bond motifs is 3. The highest BCUT2D eigenvalue weighted by Gasteiger charge is 2.37. The molecule has 2 aliphatic rings. The number of hydrogen-bond donors (Lipinski definition) is 3. The minimum atomic E-state index is -1.19. The molecule has 0 aromatic heterocycles. The van der Waals surface area contributed by atoms with Crippen LogP contribution >= 0.6 is 0 Å². The first-order chi connectivity index (χ1) is 16.4. The molecule has 0 saturated heterocycles. The van der Waals surface area contributed by atoms with E-state index in [-0.39, 0.29) is 17.9 Å². The topological polar surface area (TPSA) is 105 Å². The van der Waals surface area contributed by atoms with Gasteiger partial charge in [0, 0.05) is 12.5 Å². The van der Waals surface area contributed by atoms with E-state index in [4.69, 9.17) is 4.74 Å². The second-order valence-corrected chi connectivity index (χ2v) is 9.44. The Kier molecular flexibility index (Phi) is 7.20. The number of amides is 2. The first kappa shape index (κ1) is 23.8. The van der Waals surface area contributed by atoms with E-state index in [1.807, 2.05) is 36.4 Å². The van der Waals surface area contributed by atoms with Crippen LogP contribution in [0.1, 0.15) is 62.5 Å². The largest absolute Gasteiger partial charge is 0.481 e. The molecule has 0 spiro atoms. The fraction of sp³-hybridized carbons (Fsp3) is 0.444. The van der Waals surface area contributed by atoms with E-state index in [0.29, 0.717) is 6.54 Å². The van der Waals surface area contributed by atoms with E-state index in [1.165, 1.54) is 0 Å². The van der Waals surface area contributed by atoms with Crippen LogP contribution in [-0.4, -0.2) is 42.3 Å². The molecular weight excluding hydrogens is 432 g/mol. The van der Waals surface area contributed by atoms with Gasteiger partial charge in [-0.25, -0.2) is 4.79 Å². The SMILES string of the molecule is CCCC1(CNC(=O)C(CC(=O)O)NC(=O)OCC2c3ccccc3-c3ccccc32)CCC1. The summed E-state index contributed by atoms with van der Waals surface area (Å²) in [5.74, 6) is -1.76. The highest BCUT2D eigenvalue weighted by Crippen LogP contribution is 2.45. The Bertz CT molecular complexity index is 1020. The van der Waals surface area contributed by atoms with E-state index in [9.17, 15) is 19.5 Å². The molecule has 2 aromatic carbocycles. The van der Waals surface area contributed by atoms with Crippen LogP contribution in [0.4, 0.5) is 4.79 Å². The van der Waals surface area contributed by atoms with Gasteiger partial charge in [-0.1, -0.05) is 68.3 Å². The van der Waals surface area contributed by atoms with E-state index < -0.39 is 30.4 Å². The molecule has 7 nitrogen and oxygen atoms in total. The summed E-state index contributed by atoms with van der Waals surface area (Å²) in [6.07, 6.45) is 4.02. The molecule has 2 amide bonds. The third kappa shape index (κ3) is 5.08. The summed E-state index contributed by atoms with van der Waals surface area (Å²) in [7, 11) is 0. The third-order valence-electron chi connectivity index (χ3n) is 7.16. The first-order valence-electron chi connectivity index (χ1n) is 12.0. The number of aliphatic carboxylic acids is 1. The van der Waals surface area contributed by atoms with Crippen molar-refractivity contribution in [2.45, 2.75) is 57.4 Å². The van der Waals surface area contributed by atoms with E-state index in [0.717, 1.165) is 54.4 Å². The summed E-state index contributed by atoms with van der Waals surface area (Å²) < 4.78 is 5.50. The fourth-order valence-corrected chi connectivity index (χ4v) is 5.29. The number of hydrogen-bond acceptors (Lipinski definition) is 4. The molecule has 4 rings (SSSR count). The number of benzene rings is 2. The van der Waals surface area contributed by atoms with Crippen molar-refractivity contribution < 1.29 is 24.2 Å². The third-order valence-corrected chi connectivity index (χ3v) is 7.16. The van der Waals surface area contributed by atoms with Crippen molar-refractivity contribution in [3.05, 3.63) is 59.7 Å². The van der Waals surface area contributed by atoms with Crippen molar-refractivity contribution in [1.29, 1.82) is 0 Å². The Hall–Kier alpha value is -3.35. The van der Waals surface area contributed by atoms with Gasteiger partial charge in [0.1, 0.15) is 12.6 Å². The Morgan fingerprint density at radius 1 is 1.06 bits per heavy atom. The Balaban J connectivity index is 1.37. The number of ether oxygens (including phenoxy) is 1. The first-order valence-corrected chi connectivity index (χ1v) is 12.0. The Labute approximate surface area is 199 Å². The van der Waals surface area contributed by atoms with Gasteiger partial charge < -0.3 is 20.5 Å². The van der Waals surface area contributed by atoms with Crippen LogP contribution < -0.4 is 10.6 Å². The maximum atomic E-state index is 12.7. The smallest absolute Gasteiger partial charge is 0.407 e. The van der Waals surface area contributed by atoms with Gasteiger partial charge >= 0.3 is 12.1 Å². The minimum Gasteiger partial charge on any atom is -0.481 e. The average Bonchev–Trinajstić information content (AvgIpc) is 3.12. The molecule has 1 fully saturated rings. The molecule has 0 bridgehead atoms. The number of rotatable bonds is 10. The number of carboxylic acid groups (broad SMARTS) is 1. The lowest BCUT2D eigenvalue weighted by molar-refractivity contribution is -0.140. The summed E-state index contributed by atoms with van der Waals surface area (Å²) in [5.41, 5.74) is 4.50. The molecule has 180 valence electrons. The van der Waals surface area contributed by atoms with Crippen molar-refractivity contribution in [3.63, 3.8) is 0 Å². The van der Waals surface area contributed by atoms with Gasteiger partial charge in [-0.3, -0.25) is 9.59 Å². The van der Waals surface area contributed by atoms with Gasteiger partial charge in [0.15, 0.2) is 0 Å². The molecule has 2 aromatic rings. The van der Waals surface area contributed by atoms with Gasteiger partial charge in [0.2, 0.25) is 5.91 Å². The quantitative estimate of drug-likeness (QED) is 0.482. The lowest BCUT2D eigenvalue weighted by Crippen LogP contribution is -2.51. The van der Waals surface area contributed by atoms with Crippen molar-refractivity contribution in [3.8, 4) is 11.1 Å². The molecule has 3 N–H and O–H groups in total. The number of nitrogens with one attached hydrogen (secondary N) is 2. The molecule has 34 heavy (non-hydrogen) atoms. The van der Waals surface area contributed by atoms with Crippen LogP contribution in [0.25, 0.3) is 11.1 Å². The lowest BCUT2D eigenvalue weighted by atomic mass is 9.66. The summed E-state index contributed by atoms with van der Waals surface area (Å²) in [5, 5.41) is 14.6. The summed E-state index contributed by atoms with van der Waals surface area (Å²) in [6, 6.07) is 14.8. The standard InChI is InChI=1S/C27H32N2O5/c1-2-12-27(13-7-14-27)17-28-25(32)23(15-24(30)31)29-26(33)34-16-22-20-10-5-3-8-18(20)19-9-4-6-11-21(19)22/h3-6,8-11,22-23H,2,7,12-17H2,1H3,(H,28,32)(H,29,33)(H,30,31). The zero-order valence-corrected chi connectivity index (χ0v) is 19.5. The number of carbonyl (C=O) groups excluding carboxylic acids is 2. The maximum absolute atomic E-state index is 12.7. The number of carbonyl (C=O) groups is 3. The van der Waals surface area contributed by atoms with E-state index in [2.05, 4.69) is 29.7 Å². The van der Waals surface area contributed by atoms with Crippen molar-refractivity contribution in [2.24, 2.45) is 5.41 Å². The predicted molar refractivity (Wildman–Crippen MR) is 128 cm³/mol. The molecule has 2 aliphatic carbocycles. The zero-order valence-electron chi connectivity index (χ0n) is 19.5. The molecule has 1 saturated carbocycles. The van der Waals surface area contributed by atoms with Gasteiger partial charge in [-0.2, -0.15) is 0 Å². The molecular formula is C27H32N2O5. The van der Waals surface area contributed by atoms with E-state index >= 15 is 0 Å². The number of carboxylic acids is 1. The lowest BCUT2D eigenvalue weighted by Gasteiger charge is -2.42. The zero-order chi connectivity index (χ0) is 24.1. The second-order valence-electron chi connectivity index (χ2n) is 9.44. The van der Waals surface area contributed by atoms with Gasteiger partial charge in [0.25, 0.3) is 0 Å². The highest BCUT2D eigenvalue weighted by atomic mass is 16.5. The monoisotopic (exact) mass is 464 g/mol. The summed E-state index contributed by atoms with van der Waals surface area (Å²) in [4.78, 5) is 36.7. The van der Waals surface area contributed by atoms with Crippen LogP contribution in [0, 0.1) is 5.41 Å². The molecule has 0 radical (unpaired) electrons. The van der Waals surface area contributed by atoms with E-state index in [1.54, 1.807) is 0 Å². The fourth-order valence-electron chi connectivity index (χ4n) is 5.29. The minimum absolute atomic E-state index is 0.0981. The van der Waals surface area contributed by atoms with Gasteiger partial charge in [0.05, 0.1) is 6.42 Å². The Morgan fingerprint density at radius 3 is 2.21 bits per heavy atom. The van der Waals surface area contributed by atoms with Crippen LogP contribution in [0.15, 0.2) is 48.5 Å². The molecule has 1 unspecified atom stereocenters. The Morgan fingerprint density at radius 2 is 1.68 bits per heavy atom. The number of alkyl carbamates (subject to hydrolysis) is 1. The second kappa shape index (κ2) is 10.3. The van der Waals surface area contributed by atoms with Crippen molar-refractivity contribution >= 4 is 18.0 Å². The molecule has 7 heteroatoms. The molecule has 1 atom stereocenters. The van der Waals surface area contributed by atoms with Crippen molar-refractivity contribution in [1.82, 2.24) is 10.6 Å². The van der Waals surface area contributed by atoms with Crippen molar-refractivity contribution in [2.75, 3.05) is 13.2 Å². The van der Waals surface area contributed by atoms with Crippen LogP contribution in [0.2, 0.25) is 0 Å².